The van der Waals surface area contributed by atoms with Crippen LogP contribution in [0.25, 0.3) is 0 Å². The molecule has 4 nitrogen and oxygen atoms in total. The van der Waals surface area contributed by atoms with E-state index in [1.165, 1.54) is 24.8 Å². The van der Waals surface area contributed by atoms with Crippen molar-refractivity contribution in [3.05, 3.63) is 59.4 Å². The maximum Gasteiger partial charge on any atom is 0.124 e. The SMILES string of the molecule is CN1CC(C)([C@](O)(c2ccc(C(C)(C)C)cc2)c2cncc(N3CCCCC3)c2)C1. The summed E-state index contributed by atoms with van der Waals surface area (Å²) in [6.45, 7) is 12.7. The average molecular weight is 408 g/mol. The highest BCUT2D eigenvalue weighted by Gasteiger charge is 2.55. The van der Waals surface area contributed by atoms with Gasteiger partial charge in [-0.1, -0.05) is 52.0 Å². The summed E-state index contributed by atoms with van der Waals surface area (Å²) < 4.78 is 0. The Morgan fingerprint density at radius 2 is 1.50 bits per heavy atom. The number of likely N-dealkylation sites (tertiary alicyclic amines) is 1. The van der Waals surface area contributed by atoms with E-state index in [4.69, 9.17) is 0 Å². The number of aromatic nitrogens is 1. The Morgan fingerprint density at radius 3 is 2.07 bits per heavy atom. The van der Waals surface area contributed by atoms with Crippen LogP contribution in [0.3, 0.4) is 0 Å². The number of hydrogen-bond acceptors (Lipinski definition) is 4. The van der Waals surface area contributed by atoms with Crippen molar-refractivity contribution in [3.63, 3.8) is 0 Å². The molecule has 1 aromatic carbocycles. The van der Waals surface area contributed by atoms with E-state index in [9.17, 15) is 5.11 Å². The first-order valence-electron chi connectivity index (χ1n) is 11.4. The highest BCUT2D eigenvalue weighted by Crippen LogP contribution is 2.50. The van der Waals surface area contributed by atoms with Crippen LogP contribution in [0.4, 0.5) is 5.69 Å². The first kappa shape index (κ1) is 21.3. The molecule has 0 saturated carbocycles. The Labute approximate surface area is 181 Å². The van der Waals surface area contributed by atoms with Crippen LogP contribution < -0.4 is 4.90 Å². The number of benzene rings is 1. The van der Waals surface area contributed by atoms with Gasteiger partial charge in [0.05, 0.1) is 11.9 Å². The maximum absolute atomic E-state index is 12.4. The Balaban J connectivity index is 1.77. The highest BCUT2D eigenvalue weighted by molar-refractivity contribution is 5.51. The van der Waals surface area contributed by atoms with E-state index in [1.54, 1.807) is 0 Å². The van der Waals surface area contributed by atoms with Gasteiger partial charge in [-0.25, -0.2) is 0 Å². The summed E-state index contributed by atoms with van der Waals surface area (Å²) in [6.07, 6.45) is 7.58. The van der Waals surface area contributed by atoms with E-state index < -0.39 is 5.60 Å². The van der Waals surface area contributed by atoms with Crippen LogP contribution in [0.2, 0.25) is 0 Å². The summed E-state index contributed by atoms with van der Waals surface area (Å²) >= 11 is 0. The fourth-order valence-corrected chi connectivity index (χ4v) is 5.40. The second kappa shape index (κ2) is 7.65. The zero-order valence-corrected chi connectivity index (χ0v) is 19.3. The average Bonchev–Trinajstić information content (AvgIpc) is 2.72. The normalized spacial score (nSPS) is 21.7. The molecule has 1 N–H and O–H groups in total. The van der Waals surface area contributed by atoms with Crippen molar-refractivity contribution in [1.82, 2.24) is 9.88 Å². The molecule has 162 valence electrons. The molecule has 0 amide bonds. The first-order chi connectivity index (χ1) is 14.1. The van der Waals surface area contributed by atoms with Gasteiger partial charge in [0.25, 0.3) is 0 Å². The molecule has 0 radical (unpaired) electrons. The zero-order valence-electron chi connectivity index (χ0n) is 19.3. The molecular formula is C26H37N3O. The van der Waals surface area contributed by atoms with Gasteiger partial charge < -0.3 is 14.9 Å². The van der Waals surface area contributed by atoms with Crippen molar-refractivity contribution in [1.29, 1.82) is 0 Å². The lowest BCUT2D eigenvalue weighted by atomic mass is 9.62. The van der Waals surface area contributed by atoms with Crippen molar-refractivity contribution in [2.24, 2.45) is 5.41 Å². The summed E-state index contributed by atoms with van der Waals surface area (Å²) in [5.74, 6) is 0. The second-order valence-electron chi connectivity index (χ2n) is 10.8. The van der Waals surface area contributed by atoms with Crippen LogP contribution in [0, 0.1) is 5.41 Å². The standard InChI is InChI=1S/C26H37N3O/c1-24(2,3)20-9-11-21(12-10-20)26(30,25(4)18-28(5)19-25)22-15-23(17-27-16-22)29-13-7-6-8-14-29/h9-12,15-17,30H,6-8,13-14,18-19H2,1-5H3/t26-/m0/s1. The number of pyridine rings is 1. The van der Waals surface area contributed by atoms with Crippen LogP contribution >= 0.6 is 0 Å². The Kier molecular flexibility index (Phi) is 5.44. The number of anilines is 1. The molecule has 0 aliphatic carbocycles. The minimum absolute atomic E-state index is 0.0902. The lowest BCUT2D eigenvalue weighted by molar-refractivity contribution is -0.127. The van der Waals surface area contributed by atoms with Crippen LogP contribution in [-0.4, -0.2) is 48.2 Å². The molecule has 1 aromatic heterocycles. The number of nitrogens with zero attached hydrogens (tertiary/aromatic N) is 3. The third kappa shape index (κ3) is 3.65. The maximum atomic E-state index is 12.4. The predicted molar refractivity (Wildman–Crippen MR) is 124 cm³/mol. The third-order valence-electron chi connectivity index (χ3n) is 7.14. The molecule has 0 spiro atoms. The highest BCUT2D eigenvalue weighted by atomic mass is 16.3. The molecule has 1 atom stereocenters. The van der Waals surface area contributed by atoms with Crippen LogP contribution in [0.1, 0.15) is 63.6 Å². The molecular weight excluding hydrogens is 370 g/mol. The zero-order chi connectivity index (χ0) is 21.6. The third-order valence-corrected chi connectivity index (χ3v) is 7.14. The van der Waals surface area contributed by atoms with Crippen molar-refractivity contribution in [2.45, 2.75) is 58.0 Å². The van der Waals surface area contributed by atoms with Crippen molar-refractivity contribution >= 4 is 5.69 Å². The van der Waals surface area contributed by atoms with Gasteiger partial charge in [0.1, 0.15) is 5.60 Å². The smallest absolute Gasteiger partial charge is 0.124 e. The Bertz CT molecular complexity index is 874. The first-order valence-corrected chi connectivity index (χ1v) is 11.4. The van der Waals surface area contributed by atoms with E-state index in [-0.39, 0.29) is 10.8 Å². The van der Waals surface area contributed by atoms with Gasteiger partial charge in [-0.2, -0.15) is 0 Å². The van der Waals surface area contributed by atoms with Gasteiger partial charge in [0, 0.05) is 43.4 Å². The second-order valence-corrected chi connectivity index (χ2v) is 10.8. The fourth-order valence-electron chi connectivity index (χ4n) is 5.40. The van der Waals surface area contributed by atoms with Gasteiger partial charge in [-0.3, -0.25) is 4.98 Å². The molecule has 30 heavy (non-hydrogen) atoms. The summed E-state index contributed by atoms with van der Waals surface area (Å²) in [7, 11) is 2.12. The fraction of sp³-hybridized carbons (Fsp3) is 0.577. The minimum Gasteiger partial charge on any atom is -0.380 e. The van der Waals surface area contributed by atoms with Gasteiger partial charge in [0.2, 0.25) is 0 Å². The lowest BCUT2D eigenvalue weighted by Gasteiger charge is -2.56. The van der Waals surface area contributed by atoms with Crippen LogP contribution in [-0.2, 0) is 11.0 Å². The monoisotopic (exact) mass is 407 g/mol. The van der Waals surface area contributed by atoms with E-state index in [0.29, 0.717) is 0 Å². The molecule has 0 bridgehead atoms. The van der Waals surface area contributed by atoms with E-state index in [2.05, 4.69) is 79.9 Å². The minimum atomic E-state index is -1.07. The van der Waals surface area contributed by atoms with E-state index >= 15 is 0 Å². The molecule has 2 aliphatic rings. The van der Waals surface area contributed by atoms with E-state index in [0.717, 1.165) is 43.0 Å². The molecule has 4 heteroatoms. The van der Waals surface area contributed by atoms with Crippen molar-refractivity contribution in [2.75, 3.05) is 38.1 Å². The molecule has 0 unspecified atom stereocenters. The molecule has 2 aromatic rings. The van der Waals surface area contributed by atoms with Gasteiger partial charge >= 0.3 is 0 Å². The van der Waals surface area contributed by atoms with Crippen LogP contribution in [0.15, 0.2) is 42.7 Å². The molecule has 2 aliphatic heterocycles. The quantitative estimate of drug-likeness (QED) is 0.807. The molecule has 4 rings (SSSR count). The summed E-state index contributed by atoms with van der Waals surface area (Å²) in [6, 6.07) is 10.8. The molecule has 3 heterocycles. The predicted octanol–water partition coefficient (Wildman–Crippen LogP) is 4.56. The number of aliphatic hydroxyl groups is 1. The summed E-state index contributed by atoms with van der Waals surface area (Å²) in [4.78, 5) is 9.27. The van der Waals surface area contributed by atoms with E-state index in [1.807, 2.05) is 12.4 Å². The largest absolute Gasteiger partial charge is 0.380 e. The Morgan fingerprint density at radius 1 is 0.900 bits per heavy atom. The van der Waals surface area contributed by atoms with Gasteiger partial charge in [-0.15, -0.1) is 0 Å². The van der Waals surface area contributed by atoms with Crippen molar-refractivity contribution < 1.29 is 5.11 Å². The van der Waals surface area contributed by atoms with Gasteiger partial charge in [0.15, 0.2) is 0 Å². The topological polar surface area (TPSA) is 39.6 Å². The lowest BCUT2D eigenvalue weighted by Crippen LogP contribution is -2.63. The van der Waals surface area contributed by atoms with Crippen LogP contribution in [0.5, 0.6) is 0 Å². The Hall–Kier alpha value is -1.91. The molecule has 2 fully saturated rings. The van der Waals surface area contributed by atoms with Gasteiger partial charge in [-0.05, 0) is 48.9 Å². The number of piperidine rings is 1. The molecule has 2 saturated heterocycles. The number of rotatable bonds is 4. The summed E-state index contributed by atoms with van der Waals surface area (Å²) in [5.41, 5.74) is 3.04. The van der Waals surface area contributed by atoms with Crippen molar-refractivity contribution in [3.8, 4) is 0 Å². The summed E-state index contributed by atoms with van der Waals surface area (Å²) in [5, 5.41) is 12.4. The number of hydrogen-bond donors (Lipinski definition) is 1.